The van der Waals surface area contributed by atoms with E-state index in [9.17, 15) is 14.9 Å². The highest BCUT2D eigenvalue weighted by Crippen LogP contribution is 2.30. The first-order chi connectivity index (χ1) is 14.2. The summed E-state index contributed by atoms with van der Waals surface area (Å²) in [5.74, 6) is -0.514. The number of fused-ring (bicyclic) bond motifs is 1. The summed E-state index contributed by atoms with van der Waals surface area (Å²) in [6.07, 6.45) is 0.633. The maximum absolute atomic E-state index is 12.5. The second-order valence-corrected chi connectivity index (χ2v) is 6.26. The number of carbonyl (C=O) groups is 2. The van der Waals surface area contributed by atoms with Gasteiger partial charge in [0.2, 0.25) is 0 Å². The monoisotopic (exact) mass is 388 g/mol. The highest BCUT2D eigenvalue weighted by molar-refractivity contribution is 6.20. The molecule has 2 amide bonds. The van der Waals surface area contributed by atoms with Crippen molar-refractivity contribution in [3.63, 3.8) is 0 Å². The van der Waals surface area contributed by atoms with Crippen molar-refractivity contribution in [3.05, 3.63) is 76.9 Å². The van der Waals surface area contributed by atoms with Gasteiger partial charge in [-0.2, -0.15) is 5.26 Å². The van der Waals surface area contributed by atoms with E-state index >= 15 is 0 Å². The zero-order valence-corrected chi connectivity index (χ0v) is 15.9. The molecule has 0 atom stereocenters. The SMILES string of the molecule is COCCCNC(=O)C(C#N)=C1N=C(NC(=O)c2ccccc2)c2ccccc21. The number of aliphatic imine (C=N–C) groups is 1. The molecule has 0 radical (unpaired) electrons. The van der Waals surface area contributed by atoms with Crippen LogP contribution in [0.25, 0.3) is 5.70 Å². The van der Waals surface area contributed by atoms with Crippen LogP contribution in [0.2, 0.25) is 0 Å². The van der Waals surface area contributed by atoms with Crippen molar-refractivity contribution in [2.75, 3.05) is 20.3 Å². The van der Waals surface area contributed by atoms with E-state index in [1.165, 1.54) is 0 Å². The summed E-state index contributed by atoms with van der Waals surface area (Å²) in [7, 11) is 1.58. The Bertz CT molecular complexity index is 1020. The molecule has 7 nitrogen and oxygen atoms in total. The summed E-state index contributed by atoms with van der Waals surface area (Å²) in [4.78, 5) is 29.4. The molecule has 2 N–H and O–H groups in total. The van der Waals surface area contributed by atoms with E-state index in [1.54, 1.807) is 49.6 Å². The fraction of sp³-hybridized carbons (Fsp3) is 0.182. The fourth-order valence-electron chi connectivity index (χ4n) is 2.90. The summed E-state index contributed by atoms with van der Waals surface area (Å²) in [6.45, 7) is 0.892. The summed E-state index contributed by atoms with van der Waals surface area (Å²) >= 11 is 0. The van der Waals surface area contributed by atoms with E-state index in [-0.39, 0.29) is 17.2 Å². The highest BCUT2D eigenvalue weighted by Gasteiger charge is 2.27. The quantitative estimate of drug-likeness (QED) is 0.450. The van der Waals surface area contributed by atoms with Crippen LogP contribution in [-0.2, 0) is 9.53 Å². The normalized spacial score (nSPS) is 13.7. The second kappa shape index (κ2) is 9.44. The summed E-state index contributed by atoms with van der Waals surface area (Å²) in [5, 5.41) is 15.1. The van der Waals surface area contributed by atoms with Crippen molar-refractivity contribution >= 4 is 23.3 Å². The summed E-state index contributed by atoms with van der Waals surface area (Å²) < 4.78 is 4.95. The average molecular weight is 388 g/mol. The number of nitrogens with one attached hydrogen (secondary N) is 2. The van der Waals surface area contributed by atoms with Crippen LogP contribution >= 0.6 is 0 Å². The molecule has 0 bridgehead atoms. The number of nitriles is 1. The first-order valence-corrected chi connectivity index (χ1v) is 9.12. The lowest BCUT2D eigenvalue weighted by atomic mass is 10.0. The zero-order chi connectivity index (χ0) is 20.6. The predicted molar refractivity (Wildman–Crippen MR) is 109 cm³/mol. The van der Waals surface area contributed by atoms with Crippen molar-refractivity contribution in [3.8, 4) is 6.07 Å². The lowest BCUT2D eigenvalue weighted by Gasteiger charge is -2.06. The Morgan fingerprint density at radius 3 is 2.45 bits per heavy atom. The van der Waals surface area contributed by atoms with Crippen LogP contribution in [0.4, 0.5) is 0 Å². The Hall–Kier alpha value is -3.76. The third-order valence-corrected chi connectivity index (χ3v) is 4.32. The number of methoxy groups -OCH3 is 1. The number of hydrogen-bond acceptors (Lipinski definition) is 5. The van der Waals surface area contributed by atoms with Crippen molar-refractivity contribution in [1.82, 2.24) is 10.6 Å². The average Bonchev–Trinajstić information content (AvgIpc) is 3.11. The molecule has 1 heterocycles. The van der Waals surface area contributed by atoms with E-state index in [4.69, 9.17) is 4.74 Å². The summed E-state index contributed by atoms with van der Waals surface area (Å²) in [6, 6.07) is 17.9. The van der Waals surface area contributed by atoms with Gasteiger partial charge in [0.1, 0.15) is 17.5 Å². The molecule has 0 unspecified atom stereocenters. The molecule has 0 aliphatic carbocycles. The van der Waals surface area contributed by atoms with Crippen LogP contribution in [0, 0.1) is 11.3 Å². The van der Waals surface area contributed by atoms with E-state index in [0.29, 0.717) is 42.1 Å². The number of amides is 2. The van der Waals surface area contributed by atoms with Crippen molar-refractivity contribution in [1.29, 1.82) is 5.26 Å². The fourth-order valence-corrected chi connectivity index (χ4v) is 2.90. The lowest BCUT2D eigenvalue weighted by Crippen LogP contribution is -2.30. The Morgan fingerprint density at radius 2 is 1.76 bits per heavy atom. The van der Waals surface area contributed by atoms with E-state index < -0.39 is 5.91 Å². The molecular weight excluding hydrogens is 368 g/mol. The Balaban J connectivity index is 1.90. The largest absolute Gasteiger partial charge is 0.385 e. The standard InChI is InChI=1S/C22H20N4O3/c1-29-13-7-12-24-22(28)18(14-23)19-16-10-5-6-11-17(16)20(25-19)26-21(27)15-8-3-2-4-9-15/h2-6,8-11H,7,12-13H2,1H3,(H,24,28)(H,25,26,27). The summed E-state index contributed by atoms with van der Waals surface area (Å²) in [5.41, 5.74) is 1.92. The molecule has 2 aromatic carbocycles. The van der Waals surface area contributed by atoms with E-state index in [1.807, 2.05) is 18.2 Å². The lowest BCUT2D eigenvalue weighted by molar-refractivity contribution is -0.117. The van der Waals surface area contributed by atoms with Gasteiger partial charge in [0, 0.05) is 37.0 Å². The first kappa shape index (κ1) is 20.0. The minimum absolute atomic E-state index is 0.0983. The number of benzene rings is 2. The van der Waals surface area contributed by atoms with E-state index in [0.717, 1.165) is 0 Å². The van der Waals surface area contributed by atoms with Gasteiger partial charge in [-0.3, -0.25) is 9.59 Å². The van der Waals surface area contributed by atoms with Gasteiger partial charge in [0.05, 0.1) is 5.70 Å². The number of nitrogens with zero attached hydrogens (tertiary/aromatic N) is 2. The van der Waals surface area contributed by atoms with E-state index in [2.05, 4.69) is 15.6 Å². The van der Waals surface area contributed by atoms with Crippen LogP contribution in [0.3, 0.4) is 0 Å². The smallest absolute Gasteiger partial charge is 0.264 e. The van der Waals surface area contributed by atoms with Crippen LogP contribution in [0.1, 0.15) is 27.9 Å². The van der Waals surface area contributed by atoms with Crippen LogP contribution in [0.5, 0.6) is 0 Å². The third kappa shape index (κ3) is 4.57. The highest BCUT2D eigenvalue weighted by atomic mass is 16.5. The van der Waals surface area contributed by atoms with Crippen LogP contribution in [0.15, 0.2) is 65.2 Å². The molecule has 1 aliphatic rings. The van der Waals surface area contributed by atoms with Gasteiger partial charge in [-0.25, -0.2) is 4.99 Å². The molecule has 0 spiro atoms. The Labute approximate surface area is 168 Å². The molecule has 7 heteroatoms. The van der Waals surface area contributed by atoms with Crippen molar-refractivity contribution < 1.29 is 14.3 Å². The third-order valence-electron chi connectivity index (χ3n) is 4.32. The predicted octanol–water partition coefficient (Wildman–Crippen LogP) is 2.26. The topological polar surface area (TPSA) is 104 Å². The first-order valence-electron chi connectivity index (χ1n) is 9.12. The number of amidine groups is 1. The maximum atomic E-state index is 12.5. The van der Waals surface area contributed by atoms with Gasteiger partial charge in [-0.15, -0.1) is 0 Å². The van der Waals surface area contributed by atoms with Crippen LogP contribution < -0.4 is 10.6 Å². The zero-order valence-electron chi connectivity index (χ0n) is 15.9. The minimum Gasteiger partial charge on any atom is -0.385 e. The van der Waals surface area contributed by atoms with Gasteiger partial charge in [0.15, 0.2) is 0 Å². The molecule has 2 aromatic rings. The molecule has 29 heavy (non-hydrogen) atoms. The van der Waals surface area contributed by atoms with Crippen LogP contribution in [-0.4, -0.2) is 37.9 Å². The van der Waals surface area contributed by atoms with Gasteiger partial charge in [-0.1, -0.05) is 42.5 Å². The van der Waals surface area contributed by atoms with Crippen molar-refractivity contribution in [2.45, 2.75) is 6.42 Å². The molecule has 1 aliphatic heterocycles. The van der Waals surface area contributed by atoms with Crippen molar-refractivity contribution in [2.24, 2.45) is 4.99 Å². The number of carbonyl (C=O) groups excluding carboxylic acids is 2. The Kier molecular flexibility index (Phi) is 6.51. The Morgan fingerprint density at radius 1 is 1.07 bits per heavy atom. The molecule has 0 fully saturated rings. The molecule has 0 saturated heterocycles. The number of rotatable bonds is 6. The molecule has 0 aromatic heterocycles. The molecule has 3 rings (SSSR count). The molecular formula is C22H20N4O3. The van der Waals surface area contributed by atoms with Gasteiger partial charge < -0.3 is 15.4 Å². The van der Waals surface area contributed by atoms with Gasteiger partial charge >= 0.3 is 0 Å². The number of hydrogen-bond donors (Lipinski definition) is 2. The second-order valence-electron chi connectivity index (χ2n) is 6.26. The van der Waals surface area contributed by atoms with Gasteiger partial charge in [0.25, 0.3) is 11.8 Å². The minimum atomic E-state index is -0.507. The van der Waals surface area contributed by atoms with Gasteiger partial charge in [-0.05, 0) is 18.6 Å². The maximum Gasteiger partial charge on any atom is 0.264 e. The number of ether oxygens (including phenoxy) is 1. The molecule has 0 saturated carbocycles. The molecule has 146 valence electrons.